The maximum atomic E-state index is 15.2. The molecule has 2 saturated carbocycles. The largest absolute Gasteiger partial charge is 0.489 e. The summed E-state index contributed by atoms with van der Waals surface area (Å²) in [5.41, 5.74) is 2.96. The Balaban J connectivity index is 1.28. The van der Waals surface area contributed by atoms with E-state index in [0.29, 0.717) is 29.4 Å². The van der Waals surface area contributed by atoms with E-state index in [2.05, 4.69) is 15.4 Å². The van der Waals surface area contributed by atoms with E-state index in [9.17, 15) is 14.7 Å². The van der Waals surface area contributed by atoms with Crippen LogP contribution < -0.4 is 15.8 Å². The molecule has 0 radical (unpaired) electrons. The molecule has 2 atom stereocenters. The molecular formula is C31H27Cl2F2N5O4. The Morgan fingerprint density at radius 2 is 1.86 bits per heavy atom. The molecule has 1 unspecified atom stereocenters. The number of benzene rings is 2. The summed E-state index contributed by atoms with van der Waals surface area (Å²) in [6.45, 7) is 1.08. The second-order valence-electron chi connectivity index (χ2n) is 12.1. The Morgan fingerprint density at radius 1 is 1.16 bits per heavy atom. The third-order valence-corrected chi connectivity index (χ3v) is 9.34. The first-order chi connectivity index (χ1) is 20.9. The number of primary amides is 1. The van der Waals surface area contributed by atoms with Crippen LogP contribution in [-0.2, 0) is 15.8 Å². The van der Waals surface area contributed by atoms with E-state index in [1.807, 2.05) is 10.9 Å². The van der Waals surface area contributed by atoms with Crippen LogP contribution in [0.4, 0.5) is 8.78 Å². The molecule has 3 heterocycles. The molecule has 2 aliphatic carbocycles. The first-order valence-corrected chi connectivity index (χ1v) is 15.0. The number of halogens is 4. The summed E-state index contributed by atoms with van der Waals surface area (Å²) in [4.78, 5) is 30.5. The minimum absolute atomic E-state index is 0.0139. The predicted octanol–water partition coefficient (Wildman–Crippen LogP) is 5.18. The van der Waals surface area contributed by atoms with E-state index in [0.717, 1.165) is 30.4 Å². The van der Waals surface area contributed by atoms with Crippen molar-refractivity contribution >= 4 is 45.9 Å². The third kappa shape index (κ3) is 4.69. The van der Waals surface area contributed by atoms with Crippen molar-refractivity contribution in [1.82, 2.24) is 20.1 Å². The van der Waals surface area contributed by atoms with Crippen molar-refractivity contribution in [2.24, 2.45) is 11.7 Å². The fraction of sp³-hybridized carbons (Fsp3) is 0.355. The first-order valence-electron chi connectivity index (χ1n) is 14.2. The molecular weight excluding hydrogens is 615 g/mol. The number of nitrogens with two attached hydrogens (primary N) is 1. The number of nitrogens with one attached hydrogen (secondary N) is 1. The highest BCUT2D eigenvalue weighted by molar-refractivity contribution is 6.35. The van der Waals surface area contributed by atoms with E-state index >= 15 is 8.78 Å². The Morgan fingerprint density at radius 3 is 2.50 bits per heavy atom. The second kappa shape index (κ2) is 10.1. The molecule has 2 aromatic carbocycles. The lowest BCUT2D eigenvalue weighted by atomic mass is 9.81. The highest BCUT2D eigenvalue weighted by atomic mass is 35.5. The molecule has 228 valence electrons. The molecule has 0 spiro atoms. The van der Waals surface area contributed by atoms with Gasteiger partial charge in [0.1, 0.15) is 46.2 Å². The highest BCUT2D eigenvalue weighted by Gasteiger charge is 2.50. The van der Waals surface area contributed by atoms with Gasteiger partial charge < -0.3 is 20.9 Å². The van der Waals surface area contributed by atoms with Crippen molar-refractivity contribution in [3.63, 3.8) is 0 Å². The summed E-state index contributed by atoms with van der Waals surface area (Å²) in [7, 11) is 0. The van der Waals surface area contributed by atoms with Gasteiger partial charge in [-0.05, 0) is 68.9 Å². The first kappa shape index (κ1) is 28.9. The molecule has 44 heavy (non-hydrogen) atoms. The van der Waals surface area contributed by atoms with Gasteiger partial charge >= 0.3 is 0 Å². The Labute approximate surface area is 260 Å². The number of hydrogen-bond donors (Lipinski definition) is 3. The molecule has 7 rings (SSSR count). The van der Waals surface area contributed by atoms with Gasteiger partial charge in [0, 0.05) is 27.7 Å². The summed E-state index contributed by atoms with van der Waals surface area (Å²) < 4.78 is 38.0. The minimum Gasteiger partial charge on any atom is -0.489 e. The molecule has 1 aliphatic heterocycles. The van der Waals surface area contributed by atoms with Gasteiger partial charge in [-0.1, -0.05) is 23.2 Å². The van der Waals surface area contributed by atoms with Crippen LogP contribution in [0, 0.1) is 17.6 Å². The van der Waals surface area contributed by atoms with Crippen molar-refractivity contribution in [3.05, 3.63) is 75.0 Å². The van der Waals surface area contributed by atoms with Gasteiger partial charge in [0.15, 0.2) is 0 Å². The summed E-state index contributed by atoms with van der Waals surface area (Å²) in [6.07, 6.45) is 5.18. The zero-order chi connectivity index (χ0) is 31.1. The van der Waals surface area contributed by atoms with Gasteiger partial charge in [-0.15, -0.1) is 0 Å². The molecule has 0 bridgehead atoms. The number of amides is 2. The minimum atomic E-state index is -1.76. The molecule has 3 aliphatic rings. The molecule has 0 saturated heterocycles. The number of hydrogen-bond acceptors (Lipinski definition) is 6. The lowest BCUT2D eigenvalue weighted by molar-refractivity contribution is -0.123. The zero-order valence-electron chi connectivity index (χ0n) is 23.5. The van der Waals surface area contributed by atoms with Gasteiger partial charge in [0.25, 0.3) is 5.91 Å². The molecule has 2 amide bonds. The summed E-state index contributed by atoms with van der Waals surface area (Å²) in [6, 6.07) is 6.89. The maximum absolute atomic E-state index is 15.2. The van der Waals surface area contributed by atoms with Crippen LogP contribution in [-0.4, -0.2) is 44.8 Å². The predicted molar refractivity (Wildman–Crippen MR) is 159 cm³/mol. The standard InChI is InChI=1S/C31H27Cl2F2N5O4/c1-30(29(36)42)13-44-27-19(30)10-23(38-26(27)24-21(34)8-17(32)9-22(24)35)31(43,16-2-3-16)12-37-28(41)14-6-15-11-40(18-4-5-18)39-25(15)20(33)7-14/h6-11,16,18,43H,2-5,12-13H2,1H3,(H2,36,42)(H,37,41)/t30-,31?/m0/s1. The molecule has 4 aromatic rings. The lowest BCUT2D eigenvalue weighted by Gasteiger charge is -2.30. The van der Waals surface area contributed by atoms with Crippen molar-refractivity contribution < 1.29 is 28.2 Å². The number of carbonyl (C=O) groups is 2. The van der Waals surface area contributed by atoms with Crippen LogP contribution in [0.3, 0.4) is 0 Å². The molecule has 13 heteroatoms. The van der Waals surface area contributed by atoms with Crippen LogP contribution in [0.2, 0.25) is 10.0 Å². The van der Waals surface area contributed by atoms with Crippen LogP contribution in [0.5, 0.6) is 5.75 Å². The zero-order valence-corrected chi connectivity index (χ0v) is 25.0. The highest BCUT2D eigenvalue weighted by Crippen LogP contribution is 2.50. The molecule has 4 N–H and O–H groups in total. The quantitative estimate of drug-likeness (QED) is 0.243. The Hall–Kier alpha value is -3.80. The molecule has 2 fully saturated rings. The Bertz CT molecular complexity index is 1870. The number of ether oxygens (including phenoxy) is 1. The van der Waals surface area contributed by atoms with E-state index in [4.69, 9.17) is 33.7 Å². The number of carbonyl (C=O) groups excluding carboxylic acids is 2. The normalized spacial score (nSPS) is 20.7. The maximum Gasteiger partial charge on any atom is 0.251 e. The smallest absolute Gasteiger partial charge is 0.251 e. The molecule has 9 nitrogen and oxygen atoms in total. The number of pyridine rings is 1. The van der Waals surface area contributed by atoms with E-state index in [1.54, 1.807) is 13.0 Å². The van der Waals surface area contributed by atoms with Crippen molar-refractivity contribution in [2.75, 3.05) is 13.2 Å². The van der Waals surface area contributed by atoms with Gasteiger partial charge in [-0.3, -0.25) is 14.3 Å². The van der Waals surface area contributed by atoms with Gasteiger partial charge in [-0.2, -0.15) is 5.10 Å². The number of aromatic nitrogens is 3. The van der Waals surface area contributed by atoms with Crippen molar-refractivity contribution in [1.29, 1.82) is 0 Å². The van der Waals surface area contributed by atoms with Crippen LogP contribution in [0.1, 0.15) is 60.3 Å². The second-order valence-corrected chi connectivity index (χ2v) is 12.9. The van der Waals surface area contributed by atoms with E-state index in [-0.39, 0.29) is 52.4 Å². The van der Waals surface area contributed by atoms with Gasteiger partial charge in [0.2, 0.25) is 5.91 Å². The van der Waals surface area contributed by atoms with Gasteiger partial charge in [-0.25, -0.2) is 13.8 Å². The number of rotatable bonds is 8. The average molecular weight is 642 g/mol. The SMILES string of the molecule is C[C@]1(C(N)=O)COc2c1cc(C(O)(CNC(=O)c1cc(Cl)c3nn(C4CC4)cc3c1)C1CC1)nc2-c1c(F)cc(Cl)cc1F. The lowest BCUT2D eigenvalue weighted by Crippen LogP contribution is -2.44. The van der Waals surface area contributed by atoms with Crippen LogP contribution >= 0.6 is 23.2 Å². The van der Waals surface area contributed by atoms with Crippen molar-refractivity contribution in [2.45, 2.75) is 49.7 Å². The summed E-state index contributed by atoms with van der Waals surface area (Å²) in [5, 5.41) is 20.3. The fourth-order valence-corrected chi connectivity index (χ4v) is 6.29. The topological polar surface area (TPSA) is 132 Å². The summed E-state index contributed by atoms with van der Waals surface area (Å²) in [5.74, 6) is -3.57. The van der Waals surface area contributed by atoms with E-state index < -0.39 is 40.0 Å². The Kier molecular flexibility index (Phi) is 6.65. The van der Waals surface area contributed by atoms with Crippen LogP contribution in [0.25, 0.3) is 22.2 Å². The van der Waals surface area contributed by atoms with Gasteiger partial charge in [0.05, 0.1) is 28.9 Å². The van der Waals surface area contributed by atoms with Crippen LogP contribution in [0.15, 0.2) is 36.5 Å². The van der Waals surface area contributed by atoms with E-state index in [1.165, 1.54) is 12.1 Å². The monoisotopic (exact) mass is 641 g/mol. The number of nitrogens with zero attached hydrogens (tertiary/aromatic N) is 3. The number of fused-ring (bicyclic) bond motifs is 2. The van der Waals surface area contributed by atoms with Crippen molar-refractivity contribution in [3.8, 4) is 17.0 Å². The number of aliphatic hydroxyl groups is 1. The summed E-state index contributed by atoms with van der Waals surface area (Å²) >= 11 is 12.3. The third-order valence-electron chi connectivity index (χ3n) is 8.84. The fourth-order valence-electron chi connectivity index (χ4n) is 5.84. The molecule has 2 aromatic heterocycles. The average Bonchev–Trinajstić information content (AvgIpc) is 3.91.